The molecule has 3 aliphatic heterocycles. The van der Waals surface area contributed by atoms with Gasteiger partial charge in [0.2, 0.25) is 5.89 Å². The van der Waals surface area contributed by atoms with Gasteiger partial charge >= 0.3 is 22.4 Å². The van der Waals surface area contributed by atoms with Crippen molar-refractivity contribution in [2.24, 2.45) is 5.90 Å². The Kier molecular flexibility index (Phi) is 4.44. The number of urea groups is 1. The van der Waals surface area contributed by atoms with E-state index in [0.29, 0.717) is 51.1 Å². The summed E-state index contributed by atoms with van der Waals surface area (Å²) >= 11 is 0. The molecule has 0 spiro atoms. The van der Waals surface area contributed by atoms with Crippen molar-refractivity contribution in [2.45, 2.75) is 24.9 Å². The summed E-state index contributed by atoms with van der Waals surface area (Å²) in [6.45, 7) is 2.73. The Morgan fingerprint density at radius 1 is 1.19 bits per heavy atom. The molecule has 14 heteroatoms. The monoisotopic (exact) mass is 390 g/mol. The summed E-state index contributed by atoms with van der Waals surface area (Å²) in [6, 6.07) is -1.12. The summed E-state index contributed by atoms with van der Waals surface area (Å²) in [6.07, 6.45) is 1.03. The van der Waals surface area contributed by atoms with Gasteiger partial charge in [0.25, 0.3) is 0 Å². The molecule has 3 saturated heterocycles. The van der Waals surface area contributed by atoms with Crippen LogP contribution in [0.15, 0.2) is 4.42 Å². The zero-order valence-corrected chi connectivity index (χ0v) is 14.5. The van der Waals surface area contributed by atoms with Gasteiger partial charge in [0, 0.05) is 19.6 Å². The first-order valence-electron chi connectivity index (χ1n) is 8.07. The second kappa shape index (κ2) is 6.62. The highest BCUT2D eigenvalue weighted by atomic mass is 32.3. The first-order chi connectivity index (χ1) is 12.5. The predicted octanol–water partition coefficient (Wildman–Crippen LogP) is -1.09. The van der Waals surface area contributed by atoms with Crippen molar-refractivity contribution in [3.63, 3.8) is 0 Å². The van der Waals surface area contributed by atoms with Crippen LogP contribution in [0.25, 0.3) is 0 Å². The average Bonchev–Trinajstić information content (AvgIpc) is 3.23. The smallest absolute Gasteiger partial charge is 0.406 e. The van der Waals surface area contributed by atoms with Gasteiger partial charge in [-0.25, -0.2) is 4.79 Å². The van der Waals surface area contributed by atoms with Gasteiger partial charge in [-0.1, -0.05) is 5.10 Å². The van der Waals surface area contributed by atoms with Gasteiger partial charge in [-0.2, -0.15) is 23.7 Å². The number of nitrogens with zero attached hydrogens (tertiary/aromatic N) is 5. The van der Waals surface area contributed by atoms with E-state index in [0.717, 1.165) is 5.06 Å². The van der Waals surface area contributed by atoms with E-state index in [1.54, 1.807) is 0 Å². The number of aromatic nitrogens is 2. The molecule has 13 nitrogen and oxygen atoms in total. The molecule has 2 bridgehead atoms. The van der Waals surface area contributed by atoms with Crippen LogP contribution >= 0.6 is 0 Å². The third-order valence-electron chi connectivity index (χ3n) is 4.61. The third-order valence-corrected chi connectivity index (χ3v) is 5.19. The number of carbonyl (C=O) groups is 1. The average molecular weight is 390 g/mol. The molecule has 1 aromatic rings. The molecule has 0 unspecified atom stereocenters. The number of ether oxygens (including phenoxy) is 1. The van der Waals surface area contributed by atoms with Crippen LogP contribution in [0.5, 0.6) is 0 Å². The normalized spacial score (nSPS) is 26.7. The van der Waals surface area contributed by atoms with Crippen molar-refractivity contribution in [1.82, 2.24) is 20.2 Å². The van der Waals surface area contributed by atoms with Crippen LogP contribution in [-0.2, 0) is 23.7 Å². The Morgan fingerprint density at radius 3 is 2.69 bits per heavy atom. The van der Waals surface area contributed by atoms with Gasteiger partial charge in [-0.15, -0.1) is 9.38 Å². The Morgan fingerprint density at radius 2 is 1.96 bits per heavy atom. The summed E-state index contributed by atoms with van der Waals surface area (Å²) in [4.78, 5) is 15.9. The lowest BCUT2D eigenvalue weighted by molar-refractivity contribution is -0.0366. The van der Waals surface area contributed by atoms with Gasteiger partial charge in [-0.3, -0.25) is 0 Å². The molecule has 4 heterocycles. The summed E-state index contributed by atoms with van der Waals surface area (Å²) in [7, 11) is -4.48. The predicted molar refractivity (Wildman–Crippen MR) is 82.3 cm³/mol. The van der Waals surface area contributed by atoms with Crippen LogP contribution in [0.2, 0.25) is 0 Å². The van der Waals surface area contributed by atoms with Crippen LogP contribution < -0.4 is 10.8 Å². The molecule has 3 aliphatic rings. The molecular weight excluding hydrogens is 372 g/mol. The quantitative estimate of drug-likeness (QED) is 0.610. The second-order valence-corrected chi connectivity index (χ2v) is 7.27. The Bertz CT molecular complexity index is 779. The number of hydrogen-bond donors (Lipinski definition) is 1. The number of piperidine rings is 1. The summed E-state index contributed by atoms with van der Waals surface area (Å²) in [5.41, 5.74) is 0. The molecule has 1 aromatic heterocycles. The van der Waals surface area contributed by atoms with E-state index in [1.165, 1.54) is 4.90 Å². The van der Waals surface area contributed by atoms with Crippen LogP contribution in [0.3, 0.4) is 0 Å². The van der Waals surface area contributed by atoms with E-state index < -0.39 is 28.5 Å². The van der Waals surface area contributed by atoms with Gasteiger partial charge in [0.05, 0.1) is 19.3 Å². The SMILES string of the molecule is NOS(=O)(=O)ON1C(=O)N2C[C@H]1CC[C@H]2c1nnc(N2CCOCC2)o1. The third kappa shape index (κ3) is 3.09. The van der Waals surface area contributed by atoms with Crippen LogP contribution in [0.4, 0.5) is 10.8 Å². The van der Waals surface area contributed by atoms with Crippen molar-refractivity contribution in [3.8, 4) is 0 Å². The highest BCUT2D eigenvalue weighted by Gasteiger charge is 2.49. The Hall–Kier alpha value is -2.00. The molecule has 0 radical (unpaired) electrons. The fraction of sp³-hybridized carbons (Fsp3) is 0.750. The van der Waals surface area contributed by atoms with Gasteiger partial charge in [0.15, 0.2) is 0 Å². The molecule has 2 atom stereocenters. The van der Waals surface area contributed by atoms with E-state index in [-0.39, 0.29) is 6.54 Å². The van der Waals surface area contributed by atoms with Crippen LogP contribution in [0.1, 0.15) is 24.8 Å². The largest absolute Gasteiger partial charge is 0.437 e. The van der Waals surface area contributed by atoms with Gasteiger partial charge in [0.1, 0.15) is 6.04 Å². The molecule has 3 fully saturated rings. The Balaban J connectivity index is 1.50. The molecule has 144 valence electrons. The summed E-state index contributed by atoms with van der Waals surface area (Å²) in [5, 5.41) is 8.88. The van der Waals surface area contributed by atoms with E-state index in [9.17, 15) is 13.2 Å². The maximum atomic E-state index is 12.5. The number of nitrogens with two attached hydrogens (primary N) is 1. The van der Waals surface area contributed by atoms with Crippen molar-refractivity contribution < 1.29 is 30.9 Å². The van der Waals surface area contributed by atoms with E-state index in [4.69, 9.17) is 9.15 Å². The molecule has 26 heavy (non-hydrogen) atoms. The molecule has 0 saturated carbocycles. The number of anilines is 1. The Labute approximate surface area is 148 Å². The molecular formula is C12H18N6O7S. The lowest BCUT2D eigenvalue weighted by Crippen LogP contribution is -2.36. The summed E-state index contributed by atoms with van der Waals surface area (Å²) < 4.78 is 42.2. The minimum atomic E-state index is -4.48. The maximum absolute atomic E-state index is 12.5. The zero-order chi connectivity index (χ0) is 18.3. The van der Waals surface area contributed by atoms with Crippen molar-refractivity contribution >= 4 is 22.4 Å². The van der Waals surface area contributed by atoms with Crippen molar-refractivity contribution in [2.75, 3.05) is 37.7 Å². The van der Waals surface area contributed by atoms with E-state index in [1.807, 2.05) is 4.90 Å². The summed E-state index contributed by atoms with van der Waals surface area (Å²) in [5.74, 6) is 4.95. The number of rotatable bonds is 5. The van der Waals surface area contributed by atoms with Gasteiger partial charge < -0.3 is 19.0 Å². The standard InChI is InChI=1S/C12H18N6O7S/c13-24-26(20,21)25-18-8-1-2-9(17(7-8)12(18)19)10-14-15-11(23-10)16-3-5-22-6-4-16/h8-9H,1-7,13H2/t8-,9+/m1/s1. The number of hydroxylamine groups is 2. The van der Waals surface area contributed by atoms with Crippen molar-refractivity contribution in [1.29, 1.82) is 0 Å². The highest BCUT2D eigenvalue weighted by molar-refractivity contribution is 7.81. The minimum absolute atomic E-state index is 0.277. The molecule has 0 aliphatic carbocycles. The zero-order valence-electron chi connectivity index (χ0n) is 13.7. The lowest BCUT2D eigenvalue weighted by atomic mass is 10.0. The number of amides is 2. The van der Waals surface area contributed by atoms with Crippen LogP contribution in [-0.4, -0.2) is 73.5 Å². The van der Waals surface area contributed by atoms with Gasteiger partial charge in [-0.05, 0) is 12.8 Å². The van der Waals surface area contributed by atoms with Crippen LogP contribution in [0, 0.1) is 0 Å². The molecule has 2 amide bonds. The number of fused-ring (bicyclic) bond motifs is 2. The fourth-order valence-corrected chi connectivity index (χ4v) is 3.76. The maximum Gasteiger partial charge on any atom is 0.437 e. The molecule has 2 N–H and O–H groups in total. The highest BCUT2D eigenvalue weighted by Crippen LogP contribution is 2.38. The van der Waals surface area contributed by atoms with Crippen molar-refractivity contribution in [3.05, 3.63) is 5.89 Å². The number of carbonyl (C=O) groups excluding carboxylic acids is 1. The topological polar surface area (TPSA) is 154 Å². The lowest BCUT2D eigenvalue weighted by Gasteiger charge is -2.28. The minimum Gasteiger partial charge on any atom is -0.406 e. The van der Waals surface area contributed by atoms with E-state index >= 15 is 0 Å². The fourth-order valence-electron chi connectivity index (χ4n) is 3.35. The number of morpholine rings is 1. The first-order valence-corrected chi connectivity index (χ1v) is 9.40. The number of hydrogen-bond acceptors (Lipinski definition) is 11. The molecule has 0 aromatic carbocycles. The molecule has 4 rings (SSSR count). The second-order valence-electron chi connectivity index (χ2n) is 6.11. The van der Waals surface area contributed by atoms with E-state index in [2.05, 4.69) is 24.7 Å². The first kappa shape index (κ1) is 17.4.